The fraction of sp³-hybridized carbons (Fsp3) is 0.278. The van der Waals surface area contributed by atoms with E-state index in [4.69, 9.17) is 5.73 Å². The number of nitrogens with two attached hydrogens (primary N) is 1. The van der Waals surface area contributed by atoms with Crippen molar-refractivity contribution in [2.24, 2.45) is 10.7 Å². The largest absolute Gasteiger partial charge is 0.370 e. The molecule has 0 saturated heterocycles. The molecule has 0 heterocycles. The van der Waals surface area contributed by atoms with Crippen LogP contribution < -0.4 is 11.1 Å². The highest BCUT2D eigenvalue weighted by Gasteiger charge is 2.23. The van der Waals surface area contributed by atoms with E-state index in [2.05, 4.69) is 10.3 Å². The summed E-state index contributed by atoms with van der Waals surface area (Å²) in [6, 6.07) is 14.7. The molecule has 0 spiro atoms. The van der Waals surface area contributed by atoms with Gasteiger partial charge in [-0.1, -0.05) is 49.7 Å². The Kier molecular flexibility index (Phi) is 7.00. The first-order valence-electron chi connectivity index (χ1n) is 7.27. The van der Waals surface area contributed by atoms with Crippen LogP contribution in [0.25, 0.3) is 0 Å². The van der Waals surface area contributed by atoms with Crippen LogP contribution >= 0.6 is 24.0 Å². The van der Waals surface area contributed by atoms with E-state index < -0.39 is 5.41 Å². The topological polar surface area (TPSA) is 50.4 Å². The maximum atomic E-state index is 13.9. The molecule has 0 fully saturated rings. The second-order valence-corrected chi connectivity index (χ2v) is 6.06. The summed E-state index contributed by atoms with van der Waals surface area (Å²) < 4.78 is 13.9. The molecule has 124 valence electrons. The van der Waals surface area contributed by atoms with Gasteiger partial charge in [-0.05, 0) is 30.7 Å². The summed E-state index contributed by atoms with van der Waals surface area (Å²) in [6.45, 7) is 6.33. The van der Waals surface area contributed by atoms with Gasteiger partial charge in [0.1, 0.15) is 5.82 Å². The normalized spacial score (nSPS) is 11.7. The van der Waals surface area contributed by atoms with Crippen LogP contribution in [-0.4, -0.2) is 12.5 Å². The van der Waals surface area contributed by atoms with Crippen LogP contribution in [0, 0.1) is 12.7 Å². The minimum Gasteiger partial charge on any atom is -0.370 e. The van der Waals surface area contributed by atoms with Gasteiger partial charge in [-0.2, -0.15) is 0 Å². The summed E-state index contributed by atoms with van der Waals surface area (Å²) >= 11 is 0. The summed E-state index contributed by atoms with van der Waals surface area (Å²) in [5.41, 5.74) is 8.19. The highest BCUT2D eigenvalue weighted by Crippen LogP contribution is 2.25. The summed E-state index contributed by atoms with van der Waals surface area (Å²) in [4.78, 5) is 4.35. The Morgan fingerprint density at radius 3 is 2.35 bits per heavy atom. The lowest BCUT2D eigenvalue weighted by atomic mass is 9.84. The lowest BCUT2D eigenvalue weighted by molar-refractivity contribution is 0.494. The van der Waals surface area contributed by atoms with E-state index in [0.29, 0.717) is 18.1 Å². The first kappa shape index (κ1) is 19.4. The summed E-state index contributed by atoms with van der Waals surface area (Å²) in [5.74, 6) is 0.112. The van der Waals surface area contributed by atoms with Crippen LogP contribution in [0.4, 0.5) is 10.1 Å². The van der Waals surface area contributed by atoms with Crippen molar-refractivity contribution in [3.63, 3.8) is 0 Å². The zero-order chi connectivity index (χ0) is 16.2. The fourth-order valence-electron chi connectivity index (χ4n) is 2.20. The molecule has 0 amide bonds. The number of aliphatic imine (C=N–C) groups is 1. The van der Waals surface area contributed by atoms with E-state index in [1.165, 1.54) is 11.6 Å². The Balaban J connectivity index is 0.00000264. The fourth-order valence-corrected chi connectivity index (χ4v) is 2.20. The Morgan fingerprint density at radius 1 is 1.13 bits per heavy atom. The van der Waals surface area contributed by atoms with Gasteiger partial charge in [0.25, 0.3) is 0 Å². The average molecular weight is 427 g/mol. The number of rotatable bonds is 4. The van der Waals surface area contributed by atoms with Gasteiger partial charge in [0.05, 0.1) is 6.54 Å². The van der Waals surface area contributed by atoms with Gasteiger partial charge in [-0.15, -0.1) is 24.0 Å². The number of guanidine groups is 1. The number of anilines is 1. The molecule has 23 heavy (non-hydrogen) atoms. The van der Waals surface area contributed by atoms with Crippen molar-refractivity contribution in [3.8, 4) is 0 Å². The van der Waals surface area contributed by atoms with Crippen molar-refractivity contribution < 1.29 is 4.39 Å². The van der Waals surface area contributed by atoms with E-state index >= 15 is 0 Å². The van der Waals surface area contributed by atoms with Crippen molar-refractivity contribution in [1.29, 1.82) is 0 Å². The van der Waals surface area contributed by atoms with Gasteiger partial charge < -0.3 is 11.1 Å². The zero-order valence-electron chi connectivity index (χ0n) is 13.6. The second kappa shape index (κ2) is 8.29. The van der Waals surface area contributed by atoms with Crippen LogP contribution in [0.1, 0.15) is 25.0 Å². The Labute approximate surface area is 154 Å². The highest BCUT2D eigenvalue weighted by atomic mass is 127. The van der Waals surface area contributed by atoms with Crippen molar-refractivity contribution >= 4 is 35.6 Å². The van der Waals surface area contributed by atoms with Gasteiger partial charge in [0.15, 0.2) is 5.96 Å². The van der Waals surface area contributed by atoms with E-state index in [-0.39, 0.29) is 29.8 Å². The predicted octanol–water partition coefficient (Wildman–Crippen LogP) is 4.46. The Hall–Kier alpha value is -1.63. The third-order valence-corrected chi connectivity index (χ3v) is 3.57. The van der Waals surface area contributed by atoms with E-state index in [9.17, 15) is 4.39 Å². The maximum absolute atomic E-state index is 13.9. The van der Waals surface area contributed by atoms with Crippen LogP contribution in [0.2, 0.25) is 0 Å². The zero-order valence-corrected chi connectivity index (χ0v) is 16.0. The number of hydrogen-bond acceptors (Lipinski definition) is 1. The van der Waals surface area contributed by atoms with Gasteiger partial charge >= 0.3 is 0 Å². The number of benzene rings is 2. The molecule has 0 bridgehead atoms. The predicted molar refractivity (Wildman–Crippen MR) is 106 cm³/mol. The first-order valence-corrected chi connectivity index (χ1v) is 7.27. The quantitative estimate of drug-likeness (QED) is 0.430. The number of aryl methyl sites for hydroxylation is 1. The first-order chi connectivity index (χ1) is 10.4. The summed E-state index contributed by atoms with van der Waals surface area (Å²) in [5, 5.41) is 3.04. The van der Waals surface area contributed by atoms with Crippen molar-refractivity contribution in [2.75, 3.05) is 11.9 Å². The molecule has 0 unspecified atom stereocenters. The molecular weight excluding hydrogens is 404 g/mol. The van der Waals surface area contributed by atoms with Crippen LogP contribution in [0.15, 0.2) is 53.5 Å². The van der Waals surface area contributed by atoms with Crippen LogP contribution in [0.3, 0.4) is 0 Å². The summed E-state index contributed by atoms with van der Waals surface area (Å²) in [6.07, 6.45) is 0. The smallest absolute Gasteiger partial charge is 0.193 e. The van der Waals surface area contributed by atoms with Crippen LogP contribution in [0.5, 0.6) is 0 Å². The molecule has 0 aliphatic carbocycles. The molecule has 3 N–H and O–H groups in total. The van der Waals surface area contributed by atoms with Crippen molar-refractivity contribution in [2.45, 2.75) is 26.2 Å². The number of nitrogens with zero attached hydrogens (tertiary/aromatic N) is 1. The minimum absolute atomic E-state index is 0. The molecule has 0 aromatic heterocycles. The van der Waals surface area contributed by atoms with E-state index in [1.807, 2.05) is 51.1 Å². The molecule has 5 heteroatoms. The van der Waals surface area contributed by atoms with E-state index in [1.54, 1.807) is 12.1 Å². The standard InChI is InChI=1S/C18H22FN3.HI/c1-13-8-10-14(11-9-13)22-17(20)21-12-18(2,3)15-6-4-5-7-16(15)19;/h4-11H,12H2,1-3H3,(H3,20,21,22);1H. The molecule has 0 atom stereocenters. The summed E-state index contributed by atoms with van der Waals surface area (Å²) in [7, 11) is 0. The SMILES string of the molecule is Cc1ccc(NC(N)=NCC(C)(C)c2ccccc2F)cc1.I. The molecule has 2 aromatic rings. The van der Waals surface area contributed by atoms with E-state index in [0.717, 1.165) is 5.69 Å². The number of nitrogens with one attached hydrogen (secondary N) is 1. The molecule has 0 aliphatic heterocycles. The Morgan fingerprint density at radius 2 is 1.74 bits per heavy atom. The average Bonchev–Trinajstić information content (AvgIpc) is 2.48. The van der Waals surface area contributed by atoms with Gasteiger partial charge in [-0.25, -0.2) is 4.39 Å². The minimum atomic E-state index is -0.426. The highest BCUT2D eigenvalue weighted by molar-refractivity contribution is 14.0. The molecule has 2 aromatic carbocycles. The van der Waals surface area contributed by atoms with Gasteiger partial charge in [0.2, 0.25) is 0 Å². The maximum Gasteiger partial charge on any atom is 0.193 e. The second-order valence-electron chi connectivity index (χ2n) is 6.06. The molecular formula is C18H23FIN3. The van der Waals surface area contributed by atoms with Gasteiger partial charge in [0, 0.05) is 11.1 Å². The number of halogens is 2. The van der Waals surface area contributed by atoms with Crippen molar-refractivity contribution in [1.82, 2.24) is 0 Å². The molecule has 0 aliphatic rings. The molecule has 0 radical (unpaired) electrons. The lowest BCUT2D eigenvalue weighted by Gasteiger charge is -2.23. The van der Waals surface area contributed by atoms with Crippen molar-refractivity contribution in [3.05, 3.63) is 65.5 Å². The molecule has 3 nitrogen and oxygen atoms in total. The third kappa shape index (κ3) is 5.49. The van der Waals surface area contributed by atoms with Crippen LogP contribution in [-0.2, 0) is 5.41 Å². The molecule has 0 saturated carbocycles. The lowest BCUT2D eigenvalue weighted by Crippen LogP contribution is -2.28. The molecule has 2 rings (SSSR count). The third-order valence-electron chi connectivity index (χ3n) is 3.57. The number of hydrogen-bond donors (Lipinski definition) is 2. The van der Waals surface area contributed by atoms with Gasteiger partial charge in [-0.3, -0.25) is 4.99 Å². The monoisotopic (exact) mass is 427 g/mol. The Bertz CT molecular complexity index is 666.